The van der Waals surface area contributed by atoms with Crippen LogP contribution in [0.1, 0.15) is 60.6 Å². The van der Waals surface area contributed by atoms with E-state index < -0.39 is 17.5 Å². The molecule has 3 atom stereocenters. The number of amides is 1. The van der Waals surface area contributed by atoms with Crippen molar-refractivity contribution in [3.63, 3.8) is 0 Å². The van der Waals surface area contributed by atoms with Crippen LogP contribution in [0.5, 0.6) is 0 Å². The van der Waals surface area contributed by atoms with E-state index in [1.807, 2.05) is 6.07 Å². The lowest BCUT2D eigenvalue weighted by atomic mass is 9.76. The molecule has 0 aliphatic heterocycles. The maximum atomic E-state index is 14.8. The van der Waals surface area contributed by atoms with Crippen LogP contribution in [0.25, 0.3) is 11.3 Å². The third-order valence-electron chi connectivity index (χ3n) is 6.31. The highest BCUT2D eigenvalue weighted by molar-refractivity contribution is 6.03. The van der Waals surface area contributed by atoms with E-state index in [1.54, 1.807) is 25.4 Å². The number of nitrogens with zero attached hydrogens (tertiary/aromatic N) is 2. The Morgan fingerprint density at radius 1 is 1.15 bits per heavy atom. The van der Waals surface area contributed by atoms with Crippen molar-refractivity contribution in [3.8, 4) is 11.3 Å². The van der Waals surface area contributed by atoms with E-state index in [0.717, 1.165) is 24.8 Å². The van der Waals surface area contributed by atoms with E-state index in [-0.39, 0.29) is 28.9 Å². The molecular formula is C26H28F2N4O. The molecule has 2 heterocycles. The number of hydrogen-bond donors (Lipinski definition) is 2. The number of nitrogens with two attached hydrogens (primary N) is 1. The average molecular weight is 451 g/mol. The summed E-state index contributed by atoms with van der Waals surface area (Å²) in [7, 11) is 0. The van der Waals surface area contributed by atoms with Crippen LogP contribution in [0.4, 0.5) is 14.5 Å². The second-order valence-electron chi connectivity index (χ2n) is 8.84. The van der Waals surface area contributed by atoms with E-state index in [0.29, 0.717) is 23.6 Å². The molecule has 1 aliphatic rings. The number of aromatic nitrogens is 2. The number of nitrogens with one attached hydrogen (secondary N) is 1. The van der Waals surface area contributed by atoms with Crippen molar-refractivity contribution in [2.24, 2.45) is 11.7 Å². The molecule has 4 rings (SSSR count). The quantitative estimate of drug-likeness (QED) is 0.540. The molecule has 2 aromatic heterocycles. The zero-order valence-corrected chi connectivity index (χ0v) is 18.8. The Bertz CT molecular complexity index is 1160. The molecule has 0 bridgehead atoms. The Kier molecular flexibility index (Phi) is 6.79. The van der Waals surface area contributed by atoms with Crippen LogP contribution >= 0.6 is 0 Å². The fraction of sp³-hybridized carbons (Fsp3) is 0.346. The van der Waals surface area contributed by atoms with Crippen molar-refractivity contribution in [1.82, 2.24) is 9.97 Å². The first-order chi connectivity index (χ1) is 15.9. The molecule has 3 N–H and O–H groups in total. The van der Waals surface area contributed by atoms with Crippen molar-refractivity contribution in [1.29, 1.82) is 0 Å². The number of carbonyl (C=O) groups excluding carboxylic acids is 1. The molecule has 172 valence electrons. The summed E-state index contributed by atoms with van der Waals surface area (Å²) in [6.45, 7) is 3.98. The van der Waals surface area contributed by atoms with E-state index in [2.05, 4.69) is 22.2 Å². The second-order valence-corrected chi connectivity index (χ2v) is 8.84. The van der Waals surface area contributed by atoms with Gasteiger partial charge < -0.3 is 11.1 Å². The minimum absolute atomic E-state index is 0.0664. The molecule has 1 amide bonds. The summed E-state index contributed by atoms with van der Waals surface area (Å²) in [6, 6.07) is 9.27. The normalized spacial score (nSPS) is 20.5. The van der Waals surface area contributed by atoms with Crippen LogP contribution in [0.15, 0.2) is 48.8 Å². The number of aryl methyl sites for hydroxylation is 1. The molecule has 3 aromatic rings. The van der Waals surface area contributed by atoms with E-state index in [1.165, 1.54) is 24.3 Å². The Balaban J connectivity index is 1.62. The number of carbonyl (C=O) groups is 1. The predicted octanol–water partition coefficient (Wildman–Crippen LogP) is 5.47. The number of hydrogen-bond acceptors (Lipinski definition) is 4. The SMILES string of the molecule is CCc1ccc(F)c(-c2cccc(C(=O)Nc3cnccc3[C@@H]3C[C@H](C)C[C@@H](N)C3)n2)c1F. The number of rotatable bonds is 5. The van der Waals surface area contributed by atoms with Gasteiger partial charge in [-0.2, -0.15) is 0 Å². The highest BCUT2D eigenvalue weighted by atomic mass is 19.1. The van der Waals surface area contributed by atoms with Gasteiger partial charge in [0.05, 0.1) is 23.1 Å². The van der Waals surface area contributed by atoms with E-state index >= 15 is 0 Å². The van der Waals surface area contributed by atoms with E-state index in [4.69, 9.17) is 5.73 Å². The molecule has 0 spiro atoms. The lowest BCUT2D eigenvalue weighted by Gasteiger charge is -2.32. The first kappa shape index (κ1) is 23.0. The molecule has 33 heavy (non-hydrogen) atoms. The van der Waals surface area contributed by atoms with Gasteiger partial charge in [-0.3, -0.25) is 9.78 Å². The Hall–Kier alpha value is -3.19. The van der Waals surface area contributed by atoms with E-state index in [9.17, 15) is 13.6 Å². The minimum Gasteiger partial charge on any atom is -0.328 e. The maximum absolute atomic E-state index is 14.8. The summed E-state index contributed by atoms with van der Waals surface area (Å²) >= 11 is 0. The zero-order valence-electron chi connectivity index (χ0n) is 18.8. The number of anilines is 1. The van der Waals surface area contributed by atoms with Gasteiger partial charge in [0.2, 0.25) is 0 Å². The van der Waals surface area contributed by atoms with Gasteiger partial charge in [-0.15, -0.1) is 0 Å². The van der Waals surface area contributed by atoms with Gasteiger partial charge >= 0.3 is 0 Å². The van der Waals surface area contributed by atoms with Crippen LogP contribution in [0.2, 0.25) is 0 Å². The van der Waals surface area contributed by atoms with Gasteiger partial charge in [0, 0.05) is 12.2 Å². The van der Waals surface area contributed by atoms with Crippen LogP contribution in [-0.2, 0) is 6.42 Å². The Morgan fingerprint density at radius 2 is 1.97 bits per heavy atom. The fourth-order valence-electron chi connectivity index (χ4n) is 4.77. The second kappa shape index (κ2) is 9.75. The van der Waals surface area contributed by atoms with Crippen LogP contribution in [0.3, 0.4) is 0 Å². The first-order valence-corrected chi connectivity index (χ1v) is 11.3. The van der Waals surface area contributed by atoms with Crippen LogP contribution in [0, 0.1) is 17.6 Å². The molecule has 1 aromatic carbocycles. The lowest BCUT2D eigenvalue weighted by molar-refractivity contribution is 0.102. The predicted molar refractivity (Wildman–Crippen MR) is 125 cm³/mol. The number of halogens is 2. The fourth-order valence-corrected chi connectivity index (χ4v) is 4.77. The molecule has 0 radical (unpaired) electrons. The molecule has 5 nitrogen and oxygen atoms in total. The summed E-state index contributed by atoms with van der Waals surface area (Å²) in [5, 5.41) is 2.89. The van der Waals surface area contributed by atoms with Gasteiger partial charge in [0.25, 0.3) is 5.91 Å². The largest absolute Gasteiger partial charge is 0.328 e. The summed E-state index contributed by atoms with van der Waals surface area (Å²) in [4.78, 5) is 21.5. The van der Waals surface area contributed by atoms with Crippen molar-refractivity contribution < 1.29 is 13.6 Å². The lowest BCUT2D eigenvalue weighted by Crippen LogP contribution is -2.31. The highest BCUT2D eigenvalue weighted by Gasteiger charge is 2.27. The average Bonchev–Trinajstić information content (AvgIpc) is 2.79. The van der Waals surface area contributed by atoms with Crippen molar-refractivity contribution in [3.05, 3.63) is 77.2 Å². The summed E-state index contributed by atoms with van der Waals surface area (Å²) in [5.74, 6) is -1.11. The third-order valence-corrected chi connectivity index (χ3v) is 6.31. The van der Waals surface area contributed by atoms with Gasteiger partial charge in [-0.1, -0.05) is 26.0 Å². The van der Waals surface area contributed by atoms with Gasteiger partial charge in [0.1, 0.15) is 17.3 Å². The number of pyridine rings is 2. The molecule has 0 saturated heterocycles. The molecule has 1 aliphatic carbocycles. The smallest absolute Gasteiger partial charge is 0.274 e. The van der Waals surface area contributed by atoms with Gasteiger partial charge in [-0.05, 0) is 72.9 Å². The first-order valence-electron chi connectivity index (χ1n) is 11.3. The summed E-state index contributed by atoms with van der Waals surface area (Å²) < 4.78 is 29.3. The van der Waals surface area contributed by atoms with Crippen LogP contribution < -0.4 is 11.1 Å². The maximum Gasteiger partial charge on any atom is 0.274 e. The standard InChI is InChI=1S/C26H28F2N4O/c1-3-16-7-8-20(27)24(25(16)28)21-5-4-6-22(31-21)26(33)32-23-14-30-10-9-19(23)17-11-15(2)12-18(29)13-17/h4-10,14-15,17-18H,3,11-13,29H2,1-2H3,(H,32,33)/t15-,17+,18+/m0/s1. The molecule has 7 heteroatoms. The van der Waals surface area contributed by atoms with Gasteiger partial charge in [0.15, 0.2) is 0 Å². The third kappa shape index (κ3) is 4.93. The Morgan fingerprint density at radius 3 is 2.73 bits per heavy atom. The monoisotopic (exact) mass is 450 g/mol. The molecule has 1 saturated carbocycles. The summed E-state index contributed by atoms with van der Waals surface area (Å²) in [5.41, 5.74) is 8.14. The highest BCUT2D eigenvalue weighted by Crippen LogP contribution is 2.38. The van der Waals surface area contributed by atoms with Crippen molar-refractivity contribution in [2.45, 2.75) is 51.5 Å². The minimum atomic E-state index is -0.716. The topological polar surface area (TPSA) is 80.9 Å². The molecule has 0 unspecified atom stereocenters. The summed E-state index contributed by atoms with van der Waals surface area (Å²) in [6.07, 6.45) is 6.57. The molecular weight excluding hydrogens is 422 g/mol. The number of benzene rings is 1. The van der Waals surface area contributed by atoms with Crippen LogP contribution in [-0.4, -0.2) is 21.9 Å². The zero-order chi connectivity index (χ0) is 23.5. The molecule has 1 fully saturated rings. The van der Waals surface area contributed by atoms with Gasteiger partial charge in [-0.25, -0.2) is 13.8 Å². The van der Waals surface area contributed by atoms with Crippen molar-refractivity contribution >= 4 is 11.6 Å². The Labute approximate surface area is 192 Å². The van der Waals surface area contributed by atoms with Crippen molar-refractivity contribution in [2.75, 3.05) is 5.32 Å².